The van der Waals surface area contributed by atoms with Crippen LogP contribution < -0.4 is 5.73 Å². The van der Waals surface area contributed by atoms with Gasteiger partial charge < -0.3 is 4.42 Å². The second-order valence-electron chi connectivity index (χ2n) is 1.31. The minimum absolute atomic E-state index is 0.316. The summed E-state index contributed by atoms with van der Waals surface area (Å²) in [6.07, 6.45) is 3.15. The van der Waals surface area contributed by atoms with Crippen LogP contribution in [0.1, 0.15) is 5.56 Å². The van der Waals surface area contributed by atoms with Gasteiger partial charge in [-0.25, -0.2) is 0 Å². The summed E-state index contributed by atoms with van der Waals surface area (Å²) in [5, 5.41) is 0. The van der Waals surface area contributed by atoms with Gasteiger partial charge in [0.2, 0.25) is 0 Å². The summed E-state index contributed by atoms with van der Waals surface area (Å²) in [5.74, 6) is 0. The van der Waals surface area contributed by atoms with Crippen LogP contribution in [0, 0.1) is 0 Å². The fraction of sp³-hybridized carbons (Fsp3) is 0.200. The first kappa shape index (κ1) is 4.40. The first-order valence-corrected chi connectivity index (χ1v) is 2.09. The zero-order valence-corrected chi connectivity index (χ0v) is 3.85. The van der Waals surface area contributed by atoms with Crippen LogP contribution >= 0.6 is 0 Å². The Morgan fingerprint density at radius 2 is 2.57 bits per heavy atom. The Hall–Kier alpha value is -0.760. The number of hydrogen-bond donors (Lipinski definition) is 0. The number of furan rings is 1. The van der Waals surface area contributed by atoms with E-state index in [1.54, 1.807) is 18.6 Å². The molecule has 0 unspecified atom stereocenters. The molecule has 0 aliphatic heterocycles. The summed E-state index contributed by atoms with van der Waals surface area (Å²) < 4.78 is 4.69. The molecular formula is C5H6NO. The van der Waals surface area contributed by atoms with Gasteiger partial charge in [0.15, 0.2) is 0 Å². The van der Waals surface area contributed by atoms with E-state index in [-0.39, 0.29) is 0 Å². The molecule has 1 rings (SSSR count). The van der Waals surface area contributed by atoms with E-state index in [1.165, 1.54) is 0 Å². The summed E-state index contributed by atoms with van der Waals surface area (Å²) in [4.78, 5) is 0. The molecule has 0 amide bonds. The van der Waals surface area contributed by atoms with Crippen LogP contribution in [0.2, 0.25) is 0 Å². The Kier molecular flexibility index (Phi) is 1.13. The molecule has 1 aromatic heterocycles. The predicted octanol–water partition coefficient (Wildman–Crippen LogP) is 1.06. The van der Waals surface area contributed by atoms with E-state index in [1.807, 2.05) is 0 Å². The van der Waals surface area contributed by atoms with Crippen molar-refractivity contribution < 1.29 is 4.42 Å². The van der Waals surface area contributed by atoms with E-state index in [0.717, 1.165) is 5.56 Å². The Labute approximate surface area is 41.9 Å². The molecule has 0 bridgehead atoms. The molecule has 1 N–H and O–H groups in total. The van der Waals surface area contributed by atoms with Gasteiger partial charge in [-0.05, 0) is 6.07 Å². The molecule has 0 aromatic carbocycles. The van der Waals surface area contributed by atoms with Gasteiger partial charge in [0.25, 0.3) is 0 Å². The highest BCUT2D eigenvalue weighted by atomic mass is 16.3. The van der Waals surface area contributed by atoms with Crippen molar-refractivity contribution in [2.24, 2.45) is 0 Å². The lowest BCUT2D eigenvalue weighted by atomic mass is 10.4. The highest BCUT2D eigenvalue weighted by Gasteiger charge is 1.84. The van der Waals surface area contributed by atoms with E-state index >= 15 is 0 Å². The molecule has 2 nitrogen and oxygen atoms in total. The second-order valence-corrected chi connectivity index (χ2v) is 1.31. The lowest BCUT2D eigenvalue weighted by Crippen LogP contribution is -1.75. The molecule has 1 radical (unpaired) electrons. The average Bonchev–Trinajstić information content (AvgIpc) is 2.14. The van der Waals surface area contributed by atoms with Gasteiger partial charge in [-0.1, -0.05) is 0 Å². The maximum absolute atomic E-state index is 6.80. The molecule has 2 heteroatoms. The van der Waals surface area contributed by atoms with Crippen LogP contribution in [-0.2, 0) is 6.54 Å². The van der Waals surface area contributed by atoms with Gasteiger partial charge in [-0.2, -0.15) is 0 Å². The van der Waals surface area contributed by atoms with Gasteiger partial charge in [0, 0.05) is 12.1 Å². The van der Waals surface area contributed by atoms with Gasteiger partial charge in [-0.15, -0.1) is 0 Å². The lowest BCUT2D eigenvalue weighted by molar-refractivity contribution is 0.564. The molecule has 0 saturated carbocycles. The van der Waals surface area contributed by atoms with Crippen molar-refractivity contribution in [3.63, 3.8) is 0 Å². The van der Waals surface area contributed by atoms with Crippen molar-refractivity contribution in [3.05, 3.63) is 24.2 Å². The Balaban J connectivity index is 2.76. The van der Waals surface area contributed by atoms with E-state index in [2.05, 4.69) is 4.42 Å². The van der Waals surface area contributed by atoms with Gasteiger partial charge in [0.05, 0.1) is 12.5 Å². The van der Waals surface area contributed by atoms with Crippen molar-refractivity contribution in [2.45, 2.75) is 6.54 Å². The summed E-state index contributed by atoms with van der Waals surface area (Å²) in [6.45, 7) is 0.316. The number of rotatable bonds is 1. The Morgan fingerprint density at radius 3 is 2.86 bits per heavy atom. The molecule has 0 aliphatic carbocycles. The lowest BCUT2D eigenvalue weighted by Gasteiger charge is -1.76. The van der Waals surface area contributed by atoms with E-state index in [9.17, 15) is 0 Å². The average molecular weight is 96.1 g/mol. The van der Waals surface area contributed by atoms with Crippen LogP contribution in [0.15, 0.2) is 23.0 Å². The van der Waals surface area contributed by atoms with Crippen molar-refractivity contribution in [2.75, 3.05) is 0 Å². The molecule has 37 valence electrons. The maximum atomic E-state index is 6.80. The van der Waals surface area contributed by atoms with Crippen molar-refractivity contribution in [1.29, 1.82) is 0 Å². The van der Waals surface area contributed by atoms with E-state index in [0.29, 0.717) is 6.54 Å². The summed E-state index contributed by atoms with van der Waals surface area (Å²) >= 11 is 0. The minimum atomic E-state index is 0.316. The van der Waals surface area contributed by atoms with Crippen molar-refractivity contribution >= 4 is 0 Å². The molecule has 1 heterocycles. The molecule has 0 atom stereocenters. The zero-order chi connectivity index (χ0) is 5.11. The quantitative estimate of drug-likeness (QED) is 0.515. The smallest absolute Gasteiger partial charge is 0.0948 e. The topological polar surface area (TPSA) is 36.9 Å². The highest BCUT2D eigenvalue weighted by Crippen LogP contribution is 1.96. The fourth-order valence-electron chi connectivity index (χ4n) is 0.393. The SMILES string of the molecule is [NH]Cc1ccoc1. The monoisotopic (exact) mass is 96.0 g/mol. The Morgan fingerprint density at radius 1 is 1.71 bits per heavy atom. The van der Waals surface area contributed by atoms with Crippen LogP contribution in [-0.4, -0.2) is 0 Å². The molecule has 0 fully saturated rings. The van der Waals surface area contributed by atoms with E-state index in [4.69, 9.17) is 5.73 Å². The van der Waals surface area contributed by atoms with Gasteiger partial charge in [-0.3, -0.25) is 5.73 Å². The van der Waals surface area contributed by atoms with Crippen LogP contribution in [0.5, 0.6) is 0 Å². The first-order chi connectivity index (χ1) is 3.43. The summed E-state index contributed by atoms with van der Waals surface area (Å²) in [5.41, 5.74) is 7.73. The van der Waals surface area contributed by atoms with Crippen LogP contribution in [0.25, 0.3) is 0 Å². The van der Waals surface area contributed by atoms with Crippen LogP contribution in [0.4, 0.5) is 0 Å². The Bertz CT molecular complexity index is 123. The number of nitrogens with one attached hydrogen (secondary N) is 1. The molecule has 0 aliphatic rings. The van der Waals surface area contributed by atoms with Crippen molar-refractivity contribution in [3.8, 4) is 0 Å². The molecular weight excluding hydrogens is 90.1 g/mol. The molecule has 7 heavy (non-hydrogen) atoms. The summed E-state index contributed by atoms with van der Waals surface area (Å²) in [7, 11) is 0. The molecule has 0 spiro atoms. The summed E-state index contributed by atoms with van der Waals surface area (Å²) in [6, 6.07) is 1.78. The highest BCUT2D eigenvalue weighted by molar-refractivity contribution is 5.03. The second kappa shape index (κ2) is 1.80. The number of hydrogen-bond acceptors (Lipinski definition) is 1. The molecule has 0 saturated heterocycles. The minimum Gasteiger partial charge on any atom is -0.472 e. The molecule has 1 aromatic rings. The van der Waals surface area contributed by atoms with Crippen molar-refractivity contribution in [1.82, 2.24) is 5.73 Å². The maximum Gasteiger partial charge on any atom is 0.0948 e. The fourth-order valence-corrected chi connectivity index (χ4v) is 0.393. The van der Waals surface area contributed by atoms with Gasteiger partial charge in [0.1, 0.15) is 0 Å². The predicted molar refractivity (Wildman–Crippen MR) is 25.5 cm³/mol. The normalized spacial score (nSPS) is 9.29. The third-order valence-electron chi connectivity index (χ3n) is 0.784. The standard InChI is InChI=1S/C5H6NO/c6-3-5-1-2-7-4-5/h1-2,4,6H,3H2. The third-order valence-corrected chi connectivity index (χ3v) is 0.784. The van der Waals surface area contributed by atoms with Gasteiger partial charge >= 0.3 is 0 Å². The third kappa shape index (κ3) is 0.810. The largest absolute Gasteiger partial charge is 0.472 e. The first-order valence-electron chi connectivity index (χ1n) is 2.09. The van der Waals surface area contributed by atoms with Crippen LogP contribution in [0.3, 0.4) is 0 Å². The van der Waals surface area contributed by atoms with E-state index < -0.39 is 0 Å². The zero-order valence-electron chi connectivity index (χ0n) is 3.85.